The molecule has 0 bridgehead atoms. The van der Waals surface area contributed by atoms with E-state index in [4.69, 9.17) is 11.6 Å². The molecule has 192 valence electrons. The molecule has 2 aliphatic rings. The van der Waals surface area contributed by atoms with E-state index in [9.17, 15) is 14.7 Å². The SMILES string of the molecule is O=C(N/N=C/c1ccc(C(=O)N2CCCCC2C2CCCCC2)c2ccccc12)c1ccc(O)c(Cl)c1. The number of carbonyl (C=O) groups is 2. The molecule has 3 aromatic carbocycles. The maximum absolute atomic E-state index is 13.9. The third-order valence-corrected chi connectivity index (χ3v) is 8.07. The Morgan fingerprint density at radius 2 is 1.70 bits per heavy atom. The highest BCUT2D eigenvalue weighted by Crippen LogP contribution is 2.35. The van der Waals surface area contributed by atoms with Gasteiger partial charge in [-0.05, 0) is 73.1 Å². The molecule has 1 heterocycles. The molecule has 3 aromatic rings. The second kappa shape index (κ2) is 11.3. The van der Waals surface area contributed by atoms with Gasteiger partial charge >= 0.3 is 0 Å². The van der Waals surface area contributed by atoms with Crippen molar-refractivity contribution in [1.82, 2.24) is 10.3 Å². The summed E-state index contributed by atoms with van der Waals surface area (Å²) in [4.78, 5) is 28.5. The van der Waals surface area contributed by atoms with Crippen LogP contribution in [0, 0.1) is 5.92 Å². The van der Waals surface area contributed by atoms with Gasteiger partial charge in [0.1, 0.15) is 5.75 Å². The summed E-state index contributed by atoms with van der Waals surface area (Å²) in [6.45, 7) is 0.824. The number of halogens is 1. The van der Waals surface area contributed by atoms with Crippen molar-refractivity contribution in [2.45, 2.75) is 57.4 Å². The fraction of sp³-hybridized carbons (Fsp3) is 0.367. The van der Waals surface area contributed by atoms with Crippen molar-refractivity contribution >= 4 is 40.4 Å². The molecule has 5 rings (SSSR count). The van der Waals surface area contributed by atoms with Crippen molar-refractivity contribution in [3.05, 3.63) is 76.3 Å². The van der Waals surface area contributed by atoms with E-state index in [0.29, 0.717) is 17.5 Å². The lowest BCUT2D eigenvalue weighted by atomic mass is 9.79. The highest BCUT2D eigenvalue weighted by molar-refractivity contribution is 6.32. The standard InChI is InChI=1S/C30H32ClN3O3/c31-26-18-21(14-16-28(26)35)29(36)33-32-19-22-13-15-25(24-11-5-4-10-23(22)24)30(37)34-17-7-6-12-27(34)20-8-2-1-3-9-20/h4-5,10-11,13-16,18-20,27,35H,1-3,6-9,12,17H2,(H,33,36)/b32-19+. The monoisotopic (exact) mass is 517 g/mol. The zero-order chi connectivity index (χ0) is 25.8. The number of nitrogens with one attached hydrogen (secondary N) is 1. The van der Waals surface area contributed by atoms with Gasteiger partial charge in [-0.25, -0.2) is 5.43 Å². The molecule has 1 unspecified atom stereocenters. The van der Waals surface area contributed by atoms with Gasteiger partial charge in [-0.2, -0.15) is 5.10 Å². The van der Waals surface area contributed by atoms with Crippen molar-refractivity contribution in [2.24, 2.45) is 11.0 Å². The number of rotatable bonds is 5. The summed E-state index contributed by atoms with van der Waals surface area (Å²) in [5.41, 5.74) is 4.32. The Hall–Kier alpha value is -3.38. The Morgan fingerprint density at radius 3 is 2.49 bits per heavy atom. The minimum Gasteiger partial charge on any atom is -0.506 e. The van der Waals surface area contributed by atoms with Crippen LogP contribution < -0.4 is 5.43 Å². The number of piperidine rings is 1. The van der Waals surface area contributed by atoms with Crippen molar-refractivity contribution in [3.8, 4) is 5.75 Å². The highest BCUT2D eigenvalue weighted by atomic mass is 35.5. The quantitative estimate of drug-likeness (QED) is 0.298. The van der Waals surface area contributed by atoms with Crippen molar-refractivity contribution in [2.75, 3.05) is 6.54 Å². The first-order valence-electron chi connectivity index (χ1n) is 13.2. The van der Waals surface area contributed by atoms with Crippen LogP contribution in [0.2, 0.25) is 5.02 Å². The van der Waals surface area contributed by atoms with Crippen LogP contribution in [0.3, 0.4) is 0 Å². The van der Waals surface area contributed by atoms with Crippen molar-refractivity contribution in [3.63, 3.8) is 0 Å². The maximum atomic E-state index is 13.9. The van der Waals surface area contributed by atoms with Crippen LogP contribution in [0.1, 0.15) is 77.6 Å². The number of benzene rings is 3. The second-order valence-corrected chi connectivity index (χ2v) is 10.5. The molecule has 1 saturated heterocycles. The number of phenolic OH excluding ortho intramolecular Hbond substituents is 1. The van der Waals surface area contributed by atoms with E-state index in [1.807, 2.05) is 36.4 Å². The van der Waals surface area contributed by atoms with E-state index in [-0.39, 0.29) is 16.7 Å². The number of amides is 2. The van der Waals surface area contributed by atoms with Gasteiger partial charge in [-0.15, -0.1) is 0 Å². The number of fused-ring (bicyclic) bond motifs is 1. The predicted molar refractivity (Wildman–Crippen MR) is 147 cm³/mol. The van der Waals surface area contributed by atoms with Crippen LogP contribution in [-0.2, 0) is 0 Å². The predicted octanol–water partition coefficient (Wildman–Crippen LogP) is 6.54. The van der Waals surface area contributed by atoms with E-state index >= 15 is 0 Å². The number of aromatic hydroxyl groups is 1. The van der Waals surface area contributed by atoms with E-state index in [2.05, 4.69) is 15.4 Å². The van der Waals surface area contributed by atoms with Crippen LogP contribution in [-0.4, -0.2) is 40.6 Å². The summed E-state index contributed by atoms with van der Waals surface area (Å²) in [6, 6.07) is 16.2. The zero-order valence-corrected chi connectivity index (χ0v) is 21.6. The van der Waals surface area contributed by atoms with Gasteiger partial charge in [0, 0.05) is 29.3 Å². The fourth-order valence-corrected chi connectivity index (χ4v) is 6.05. The zero-order valence-electron chi connectivity index (χ0n) is 20.8. The lowest BCUT2D eigenvalue weighted by Gasteiger charge is -2.42. The number of hydrogen-bond acceptors (Lipinski definition) is 4. The van der Waals surface area contributed by atoms with E-state index < -0.39 is 5.91 Å². The molecule has 1 aliphatic carbocycles. The van der Waals surface area contributed by atoms with Gasteiger partial charge in [-0.1, -0.05) is 61.2 Å². The minimum atomic E-state index is -0.437. The normalized spacial score (nSPS) is 18.8. The number of likely N-dealkylation sites (tertiary alicyclic amines) is 1. The average Bonchev–Trinajstić information content (AvgIpc) is 2.94. The van der Waals surface area contributed by atoms with Gasteiger partial charge in [0.05, 0.1) is 11.2 Å². The van der Waals surface area contributed by atoms with E-state index in [1.165, 1.54) is 56.7 Å². The number of nitrogens with zero attached hydrogens (tertiary/aromatic N) is 2. The first kappa shape index (κ1) is 25.3. The molecule has 1 aliphatic heterocycles. The number of hydrogen-bond donors (Lipinski definition) is 2. The number of phenols is 1. The Labute approximate surface area is 222 Å². The summed E-state index contributed by atoms with van der Waals surface area (Å²) < 4.78 is 0. The van der Waals surface area contributed by atoms with Crippen LogP contribution in [0.25, 0.3) is 10.8 Å². The van der Waals surface area contributed by atoms with Crippen LogP contribution in [0.4, 0.5) is 0 Å². The first-order chi connectivity index (χ1) is 18.0. The first-order valence-corrected chi connectivity index (χ1v) is 13.6. The molecule has 0 aromatic heterocycles. The Kier molecular flexibility index (Phi) is 7.75. The molecular formula is C30H32ClN3O3. The van der Waals surface area contributed by atoms with Gasteiger partial charge in [0.15, 0.2) is 0 Å². The molecule has 2 fully saturated rings. The largest absolute Gasteiger partial charge is 0.506 e. The molecule has 0 radical (unpaired) electrons. The van der Waals surface area contributed by atoms with Gasteiger partial charge in [0.25, 0.3) is 11.8 Å². The lowest BCUT2D eigenvalue weighted by Crippen LogP contribution is -2.48. The van der Waals surface area contributed by atoms with Gasteiger partial charge < -0.3 is 10.0 Å². The lowest BCUT2D eigenvalue weighted by molar-refractivity contribution is 0.0468. The number of hydrazone groups is 1. The summed E-state index contributed by atoms with van der Waals surface area (Å²) in [5, 5.41) is 15.6. The molecule has 2 amide bonds. The third-order valence-electron chi connectivity index (χ3n) is 7.77. The molecule has 6 nitrogen and oxygen atoms in total. The molecule has 37 heavy (non-hydrogen) atoms. The second-order valence-electron chi connectivity index (χ2n) is 10.1. The molecule has 1 atom stereocenters. The third kappa shape index (κ3) is 5.49. The fourth-order valence-electron chi connectivity index (χ4n) is 5.87. The Morgan fingerprint density at radius 1 is 0.946 bits per heavy atom. The Bertz CT molecular complexity index is 1330. The Balaban J connectivity index is 1.37. The van der Waals surface area contributed by atoms with Crippen molar-refractivity contribution in [1.29, 1.82) is 0 Å². The van der Waals surface area contributed by atoms with Crippen LogP contribution in [0.15, 0.2) is 59.7 Å². The summed E-state index contributed by atoms with van der Waals surface area (Å²) in [6.07, 6.45) is 11.3. The molecule has 0 spiro atoms. The van der Waals surface area contributed by atoms with Gasteiger partial charge in [-0.3, -0.25) is 9.59 Å². The maximum Gasteiger partial charge on any atom is 0.271 e. The summed E-state index contributed by atoms with van der Waals surface area (Å²) in [7, 11) is 0. The minimum absolute atomic E-state index is 0.0857. The topological polar surface area (TPSA) is 82.0 Å². The highest BCUT2D eigenvalue weighted by Gasteiger charge is 2.34. The van der Waals surface area contributed by atoms with Crippen LogP contribution in [0.5, 0.6) is 5.75 Å². The molecule has 1 saturated carbocycles. The average molecular weight is 518 g/mol. The van der Waals surface area contributed by atoms with Gasteiger partial charge in [0.2, 0.25) is 0 Å². The molecule has 2 N–H and O–H groups in total. The van der Waals surface area contributed by atoms with Crippen LogP contribution >= 0.6 is 11.6 Å². The number of carbonyl (C=O) groups excluding carboxylic acids is 2. The summed E-state index contributed by atoms with van der Waals surface area (Å²) >= 11 is 5.90. The van der Waals surface area contributed by atoms with E-state index in [0.717, 1.165) is 41.3 Å². The summed E-state index contributed by atoms with van der Waals surface area (Å²) in [5.74, 6) is 0.209. The molecule has 7 heteroatoms. The van der Waals surface area contributed by atoms with Crippen molar-refractivity contribution < 1.29 is 14.7 Å². The molecular weight excluding hydrogens is 486 g/mol. The van der Waals surface area contributed by atoms with E-state index in [1.54, 1.807) is 6.21 Å². The smallest absolute Gasteiger partial charge is 0.271 e.